The maximum absolute atomic E-state index is 12.1. The van der Waals surface area contributed by atoms with Gasteiger partial charge in [0, 0.05) is 19.2 Å². The van der Waals surface area contributed by atoms with E-state index in [1.165, 1.54) is 25.1 Å². The zero-order chi connectivity index (χ0) is 15.3. The molecule has 0 spiro atoms. The van der Waals surface area contributed by atoms with Crippen molar-refractivity contribution in [2.75, 3.05) is 36.1 Å². The van der Waals surface area contributed by atoms with Crippen molar-refractivity contribution < 1.29 is 23.4 Å². The molecule has 0 radical (unpaired) electrons. The maximum Gasteiger partial charge on any atom is 0.223 e. The first kappa shape index (κ1) is 16.4. The van der Waals surface area contributed by atoms with E-state index >= 15 is 0 Å². The standard InChI is InChI=1S/C12H18N2O5S/c1-9(17)14(4-5-15)11-3-2-10(13)8-12(11)20(18,19)7-6-16/h2-3,8,15-16H,4-7,13H2,1H3. The Balaban J connectivity index is 3.43. The lowest BCUT2D eigenvalue weighted by Gasteiger charge is -2.23. The van der Waals surface area contributed by atoms with Crippen molar-refractivity contribution >= 4 is 27.1 Å². The summed E-state index contributed by atoms with van der Waals surface area (Å²) in [6.45, 7) is 0.412. The molecule has 0 unspecified atom stereocenters. The lowest BCUT2D eigenvalue weighted by atomic mass is 10.2. The highest BCUT2D eigenvalue weighted by Gasteiger charge is 2.23. The van der Waals surface area contributed by atoms with Crippen molar-refractivity contribution in [1.82, 2.24) is 0 Å². The average Bonchev–Trinajstić information content (AvgIpc) is 2.36. The van der Waals surface area contributed by atoms with Crippen LogP contribution in [-0.4, -0.2) is 50.0 Å². The van der Waals surface area contributed by atoms with Crippen molar-refractivity contribution in [2.24, 2.45) is 0 Å². The van der Waals surface area contributed by atoms with Gasteiger partial charge in [-0.05, 0) is 18.2 Å². The molecular formula is C12H18N2O5S. The van der Waals surface area contributed by atoms with Crippen LogP contribution in [0, 0.1) is 0 Å². The van der Waals surface area contributed by atoms with E-state index in [2.05, 4.69) is 0 Å². The number of aliphatic hydroxyl groups is 2. The highest BCUT2D eigenvalue weighted by molar-refractivity contribution is 7.91. The Morgan fingerprint density at radius 1 is 1.30 bits per heavy atom. The van der Waals surface area contributed by atoms with E-state index in [0.29, 0.717) is 0 Å². The molecule has 1 amide bonds. The van der Waals surface area contributed by atoms with Gasteiger partial charge in [0.2, 0.25) is 5.91 Å². The highest BCUT2D eigenvalue weighted by Crippen LogP contribution is 2.28. The molecule has 0 saturated heterocycles. The van der Waals surface area contributed by atoms with Gasteiger partial charge in [-0.1, -0.05) is 0 Å². The highest BCUT2D eigenvalue weighted by atomic mass is 32.2. The largest absolute Gasteiger partial charge is 0.399 e. The first-order valence-electron chi connectivity index (χ1n) is 5.95. The molecule has 4 N–H and O–H groups in total. The molecule has 1 aromatic rings. The summed E-state index contributed by atoms with van der Waals surface area (Å²) < 4.78 is 24.2. The van der Waals surface area contributed by atoms with Gasteiger partial charge in [-0.3, -0.25) is 4.79 Å². The summed E-state index contributed by atoms with van der Waals surface area (Å²) in [7, 11) is -3.77. The van der Waals surface area contributed by atoms with Crippen LogP contribution in [0.15, 0.2) is 23.1 Å². The van der Waals surface area contributed by atoms with E-state index in [4.69, 9.17) is 15.9 Å². The van der Waals surface area contributed by atoms with E-state index in [9.17, 15) is 13.2 Å². The second kappa shape index (κ2) is 6.69. The van der Waals surface area contributed by atoms with Crippen LogP contribution in [-0.2, 0) is 14.6 Å². The Hall–Kier alpha value is -1.64. The molecule has 0 aliphatic carbocycles. The van der Waals surface area contributed by atoms with Crippen LogP contribution in [0.2, 0.25) is 0 Å². The quantitative estimate of drug-likeness (QED) is 0.602. The molecule has 20 heavy (non-hydrogen) atoms. The Morgan fingerprint density at radius 3 is 2.45 bits per heavy atom. The van der Waals surface area contributed by atoms with Crippen molar-refractivity contribution in [1.29, 1.82) is 0 Å². The fraction of sp³-hybridized carbons (Fsp3) is 0.417. The smallest absolute Gasteiger partial charge is 0.223 e. The molecule has 0 aliphatic rings. The van der Waals surface area contributed by atoms with Crippen LogP contribution < -0.4 is 10.6 Å². The third kappa shape index (κ3) is 3.69. The fourth-order valence-electron chi connectivity index (χ4n) is 1.78. The Labute approximate surface area is 117 Å². The molecule has 0 aromatic heterocycles. The molecule has 1 rings (SSSR count). The van der Waals surface area contributed by atoms with E-state index in [0.717, 1.165) is 4.90 Å². The first-order chi connectivity index (χ1) is 9.33. The van der Waals surface area contributed by atoms with E-state index in [1.54, 1.807) is 0 Å². The minimum absolute atomic E-state index is 0.0269. The van der Waals surface area contributed by atoms with Crippen LogP contribution in [0.5, 0.6) is 0 Å². The zero-order valence-electron chi connectivity index (χ0n) is 11.1. The number of sulfone groups is 1. The number of benzene rings is 1. The van der Waals surface area contributed by atoms with Crippen molar-refractivity contribution in [3.05, 3.63) is 18.2 Å². The maximum atomic E-state index is 12.1. The van der Waals surface area contributed by atoms with Crippen LogP contribution in [0.3, 0.4) is 0 Å². The van der Waals surface area contributed by atoms with Crippen LogP contribution in [0.25, 0.3) is 0 Å². The van der Waals surface area contributed by atoms with Gasteiger partial charge in [-0.25, -0.2) is 8.42 Å². The van der Waals surface area contributed by atoms with Gasteiger partial charge in [-0.2, -0.15) is 0 Å². The fourth-order valence-corrected chi connectivity index (χ4v) is 3.05. The van der Waals surface area contributed by atoms with Gasteiger partial charge in [0.15, 0.2) is 9.84 Å². The molecule has 7 nitrogen and oxygen atoms in total. The summed E-state index contributed by atoms with van der Waals surface area (Å²) >= 11 is 0. The first-order valence-corrected chi connectivity index (χ1v) is 7.61. The lowest BCUT2D eigenvalue weighted by molar-refractivity contribution is -0.116. The minimum atomic E-state index is -3.77. The van der Waals surface area contributed by atoms with Crippen LogP contribution in [0.1, 0.15) is 6.92 Å². The molecule has 0 heterocycles. The molecule has 112 valence electrons. The summed E-state index contributed by atoms with van der Waals surface area (Å²) in [5.74, 6) is -0.863. The summed E-state index contributed by atoms with van der Waals surface area (Å²) in [5, 5.41) is 17.8. The molecular weight excluding hydrogens is 284 g/mol. The molecule has 0 aliphatic heterocycles. The third-order valence-corrected chi connectivity index (χ3v) is 4.39. The zero-order valence-corrected chi connectivity index (χ0v) is 11.9. The number of anilines is 2. The number of hydrogen-bond donors (Lipinski definition) is 3. The van der Waals surface area contributed by atoms with Crippen molar-refractivity contribution in [3.8, 4) is 0 Å². The topological polar surface area (TPSA) is 121 Å². The van der Waals surface area contributed by atoms with E-state index in [1.807, 2.05) is 0 Å². The third-order valence-electron chi connectivity index (χ3n) is 2.67. The number of carbonyl (C=O) groups excluding carboxylic acids is 1. The predicted octanol–water partition coefficient (Wildman–Crippen LogP) is -0.620. The monoisotopic (exact) mass is 302 g/mol. The molecule has 0 fully saturated rings. The summed E-state index contributed by atoms with van der Waals surface area (Å²) in [6.07, 6.45) is 0. The summed E-state index contributed by atoms with van der Waals surface area (Å²) in [5.41, 5.74) is 5.97. The number of rotatable bonds is 6. The number of nitrogens with two attached hydrogens (primary N) is 1. The van der Waals surface area contributed by atoms with Crippen molar-refractivity contribution in [2.45, 2.75) is 11.8 Å². The van der Waals surface area contributed by atoms with Crippen LogP contribution in [0.4, 0.5) is 11.4 Å². The number of amides is 1. The van der Waals surface area contributed by atoms with Gasteiger partial charge < -0.3 is 20.8 Å². The Bertz CT molecular complexity index is 586. The van der Waals surface area contributed by atoms with Gasteiger partial charge in [0.05, 0.1) is 29.5 Å². The number of aliphatic hydroxyl groups excluding tert-OH is 2. The Kier molecular flexibility index (Phi) is 5.49. The predicted molar refractivity (Wildman–Crippen MR) is 75.1 cm³/mol. The van der Waals surface area contributed by atoms with Crippen LogP contribution >= 0.6 is 0 Å². The minimum Gasteiger partial charge on any atom is -0.399 e. The van der Waals surface area contributed by atoms with Gasteiger partial charge in [-0.15, -0.1) is 0 Å². The summed E-state index contributed by atoms with van der Waals surface area (Å²) in [6, 6.07) is 4.13. The van der Waals surface area contributed by atoms with E-state index < -0.39 is 28.1 Å². The number of hydrogen-bond acceptors (Lipinski definition) is 6. The lowest BCUT2D eigenvalue weighted by Crippen LogP contribution is -2.33. The normalized spacial score (nSPS) is 11.3. The second-order valence-corrected chi connectivity index (χ2v) is 6.24. The van der Waals surface area contributed by atoms with Gasteiger partial charge >= 0.3 is 0 Å². The van der Waals surface area contributed by atoms with Gasteiger partial charge in [0.25, 0.3) is 0 Å². The summed E-state index contributed by atoms with van der Waals surface area (Å²) in [4.78, 5) is 12.6. The van der Waals surface area contributed by atoms with Gasteiger partial charge in [0.1, 0.15) is 0 Å². The Morgan fingerprint density at radius 2 is 1.95 bits per heavy atom. The average molecular weight is 302 g/mol. The molecule has 0 saturated carbocycles. The number of nitrogen functional groups attached to an aromatic ring is 1. The van der Waals surface area contributed by atoms with E-state index in [-0.39, 0.29) is 29.4 Å². The number of carbonyl (C=O) groups is 1. The van der Waals surface area contributed by atoms with Crippen molar-refractivity contribution in [3.63, 3.8) is 0 Å². The molecule has 0 bridgehead atoms. The number of nitrogens with zero attached hydrogens (tertiary/aromatic N) is 1. The molecule has 1 aromatic carbocycles. The molecule has 8 heteroatoms. The second-order valence-electron chi connectivity index (χ2n) is 4.16. The molecule has 0 atom stereocenters. The SMILES string of the molecule is CC(=O)N(CCO)c1ccc(N)cc1S(=O)(=O)CCO.